The molecule has 6 heteroatoms. The first kappa shape index (κ1) is 14.4. The minimum Gasteiger partial charge on any atom is -0.316 e. The van der Waals surface area contributed by atoms with E-state index >= 15 is 0 Å². The molecule has 1 aromatic heterocycles. The summed E-state index contributed by atoms with van der Waals surface area (Å²) in [5, 5.41) is 13.2. The summed E-state index contributed by atoms with van der Waals surface area (Å²) in [7, 11) is 0. The lowest BCUT2D eigenvalue weighted by Gasteiger charge is -2.00. The Balaban J connectivity index is 2.08. The Bertz CT molecular complexity index is 524. The highest BCUT2D eigenvalue weighted by molar-refractivity contribution is 7.14. The van der Waals surface area contributed by atoms with Gasteiger partial charge >= 0.3 is 0 Å². The zero-order valence-electron chi connectivity index (χ0n) is 10.6. The van der Waals surface area contributed by atoms with Crippen LogP contribution in [0.15, 0.2) is 18.2 Å². The summed E-state index contributed by atoms with van der Waals surface area (Å²) in [6, 6.07) is 4.62. The van der Waals surface area contributed by atoms with Gasteiger partial charge in [0, 0.05) is 13.0 Å². The van der Waals surface area contributed by atoms with Gasteiger partial charge in [-0.1, -0.05) is 35.9 Å². The minimum absolute atomic E-state index is 0.342. The molecule has 2 aromatic rings. The fourth-order valence-corrected chi connectivity index (χ4v) is 2.86. The topological polar surface area (TPSA) is 37.8 Å². The van der Waals surface area contributed by atoms with Crippen LogP contribution in [0, 0.1) is 5.82 Å². The van der Waals surface area contributed by atoms with Crippen LogP contribution >= 0.6 is 22.9 Å². The van der Waals surface area contributed by atoms with Crippen molar-refractivity contribution in [3.05, 3.63) is 34.0 Å². The Hall–Kier alpha value is -1.04. The van der Waals surface area contributed by atoms with E-state index in [1.807, 2.05) is 0 Å². The van der Waals surface area contributed by atoms with Gasteiger partial charge in [-0.2, -0.15) is 0 Å². The predicted octanol–water partition coefficient (Wildman–Crippen LogP) is 3.54. The van der Waals surface area contributed by atoms with Gasteiger partial charge < -0.3 is 5.32 Å². The molecule has 0 unspecified atom stereocenters. The van der Waals surface area contributed by atoms with Crippen molar-refractivity contribution in [1.82, 2.24) is 15.5 Å². The maximum Gasteiger partial charge on any atom is 0.152 e. The van der Waals surface area contributed by atoms with Crippen molar-refractivity contribution in [3.63, 3.8) is 0 Å². The average Bonchev–Trinajstić information content (AvgIpc) is 2.83. The van der Waals surface area contributed by atoms with Gasteiger partial charge in [-0.05, 0) is 25.1 Å². The fourth-order valence-electron chi connectivity index (χ4n) is 1.65. The third kappa shape index (κ3) is 3.72. The summed E-state index contributed by atoms with van der Waals surface area (Å²) in [5.41, 5.74) is 0.342. The number of hydrogen-bond acceptors (Lipinski definition) is 4. The standard InChI is InChI=1S/C13H15ClFN3S/c1-2-7-16-8-6-11-17-18-13(19-11)12-9(14)4-3-5-10(12)15/h3-5,16H,2,6-8H2,1H3. The molecule has 0 aliphatic carbocycles. The molecule has 0 bridgehead atoms. The largest absolute Gasteiger partial charge is 0.316 e. The lowest BCUT2D eigenvalue weighted by molar-refractivity contribution is 0.631. The summed E-state index contributed by atoms with van der Waals surface area (Å²) >= 11 is 7.39. The summed E-state index contributed by atoms with van der Waals surface area (Å²) < 4.78 is 13.7. The highest BCUT2D eigenvalue weighted by Gasteiger charge is 2.14. The number of halogens is 2. The fraction of sp³-hybridized carbons (Fsp3) is 0.385. The number of nitrogens with zero attached hydrogens (tertiary/aromatic N) is 2. The molecule has 0 radical (unpaired) electrons. The zero-order valence-corrected chi connectivity index (χ0v) is 12.2. The van der Waals surface area contributed by atoms with E-state index in [2.05, 4.69) is 22.4 Å². The molecule has 0 saturated heterocycles. The van der Waals surface area contributed by atoms with E-state index in [4.69, 9.17) is 11.6 Å². The average molecular weight is 300 g/mol. The maximum atomic E-state index is 13.7. The SMILES string of the molecule is CCCNCCc1nnc(-c2c(F)cccc2Cl)s1. The number of rotatable bonds is 6. The van der Waals surface area contributed by atoms with E-state index in [9.17, 15) is 4.39 Å². The van der Waals surface area contributed by atoms with Crippen LogP contribution in [0.3, 0.4) is 0 Å². The van der Waals surface area contributed by atoms with Gasteiger partial charge in [-0.15, -0.1) is 10.2 Å². The first-order chi connectivity index (χ1) is 9.22. The number of hydrogen-bond donors (Lipinski definition) is 1. The maximum absolute atomic E-state index is 13.7. The van der Waals surface area contributed by atoms with Gasteiger partial charge in [0.2, 0.25) is 0 Å². The molecular weight excluding hydrogens is 285 g/mol. The molecule has 0 aliphatic rings. The molecule has 102 valence electrons. The minimum atomic E-state index is -0.362. The molecule has 0 fully saturated rings. The van der Waals surface area contributed by atoms with Crippen molar-refractivity contribution in [2.45, 2.75) is 19.8 Å². The van der Waals surface area contributed by atoms with Gasteiger partial charge in [0.05, 0.1) is 10.6 Å². The summed E-state index contributed by atoms with van der Waals surface area (Å²) in [5.74, 6) is -0.362. The number of aromatic nitrogens is 2. The molecule has 0 aliphatic heterocycles. The first-order valence-electron chi connectivity index (χ1n) is 6.20. The third-order valence-corrected chi connectivity index (χ3v) is 3.90. The Morgan fingerprint density at radius 2 is 2.16 bits per heavy atom. The van der Waals surface area contributed by atoms with Crippen LogP contribution in [0.1, 0.15) is 18.4 Å². The van der Waals surface area contributed by atoms with Crippen LogP contribution in [-0.4, -0.2) is 23.3 Å². The Morgan fingerprint density at radius 1 is 1.32 bits per heavy atom. The van der Waals surface area contributed by atoms with Crippen LogP contribution < -0.4 is 5.32 Å². The molecule has 0 spiro atoms. The Morgan fingerprint density at radius 3 is 2.89 bits per heavy atom. The van der Waals surface area contributed by atoms with Crippen molar-refractivity contribution in [2.24, 2.45) is 0 Å². The van der Waals surface area contributed by atoms with Gasteiger partial charge in [-0.25, -0.2) is 4.39 Å². The second-order valence-corrected chi connectivity index (χ2v) is 5.57. The molecule has 2 rings (SSSR count). The molecule has 19 heavy (non-hydrogen) atoms. The van der Waals surface area contributed by atoms with E-state index < -0.39 is 0 Å². The third-order valence-electron chi connectivity index (χ3n) is 2.59. The van der Waals surface area contributed by atoms with E-state index in [-0.39, 0.29) is 5.82 Å². The lowest BCUT2D eigenvalue weighted by atomic mass is 10.2. The van der Waals surface area contributed by atoms with Gasteiger partial charge in [0.15, 0.2) is 5.01 Å². The molecule has 1 aromatic carbocycles. The van der Waals surface area contributed by atoms with E-state index in [0.29, 0.717) is 15.6 Å². The lowest BCUT2D eigenvalue weighted by Crippen LogP contribution is -2.17. The van der Waals surface area contributed by atoms with Crippen molar-refractivity contribution < 1.29 is 4.39 Å². The monoisotopic (exact) mass is 299 g/mol. The quantitative estimate of drug-likeness (QED) is 0.829. The Labute approximate surface area is 120 Å². The smallest absolute Gasteiger partial charge is 0.152 e. The van der Waals surface area contributed by atoms with Gasteiger partial charge in [0.1, 0.15) is 10.8 Å². The number of benzene rings is 1. The summed E-state index contributed by atoms with van der Waals surface area (Å²) in [4.78, 5) is 0. The van der Waals surface area contributed by atoms with E-state index in [1.165, 1.54) is 17.4 Å². The molecular formula is C13H15ClFN3S. The van der Waals surface area contributed by atoms with Crippen LogP contribution in [0.5, 0.6) is 0 Å². The molecule has 1 heterocycles. The first-order valence-corrected chi connectivity index (χ1v) is 7.39. The molecule has 0 atom stereocenters. The second-order valence-electron chi connectivity index (χ2n) is 4.10. The Kier molecular flexibility index (Phi) is 5.24. The normalized spacial score (nSPS) is 10.9. The van der Waals surface area contributed by atoms with Crippen molar-refractivity contribution in [2.75, 3.05) is 13.1 Å². The molecule has 0 saturated carbocycles. The highest BCUT2D eigenvalue weighted by Crippen LogP contribution is 2.32. The zero-order chi connectivity index (χ0) is 13.7. The van der Waals surface area contributed by atoms with Crippen molar-refractivity contribution in [3.8, 4) is 10.6 Å². The molecule has 0 amide bonds. The van der Waals surface area contributed by atoms with Crippen molar-refractivity contribution in [1.29, 1.82) is 0 Å². The second kappa shape index (κ2) is 6.93. The molecule has 3 nitrogen and oxygen atoms in total. The van der Waals surface area contributed by atoms with Gasteiger partial charge in [0.25, 0.3) is 0 Å². The van der Waals surface area contributed by atoms with Crippen molar-refractivity contribution >= 4 is 22.9 Å². The van der Waals surface area contributed by atoms with E-state index in [0.717, 1.165) is 30.9 Å². The predicted molar refractivity (Wildman–Crippen MR) is 77.2 cm³/mol. The van der Waals surface area contributed by atoms with Crippen LogP contribution in [-0.2, 0) is 6.42 Å². The number of nitrogens with one attached hydrogen (secondary N) is 1. The summed E-state index contributed by atoms with van der Waals surface area (Å²) in [6.45, 7) is 3.97. The van der Waals surface area contributed by atoms with Crippen LogP contribution in [0.2, 0.25) is 5.02 Å². The highest BCUT2D eigenvalue weighted by atomic mass is 35.5. The van der Waals surface area contributed by atoms with E-state index in [1.54, 1.807) is 12.1 Å². The van der Waals surface area contributed by atoms with Crippen LogP contribution in [0.25, 0.3) is 10.6 Å². The summed E-state index contributed by atoms with van der Waals surface area (Å²) in [6.07, 6.45) is 1.90. The molecule has 1 N–H and O–H groups in total. The van der Waals surface area contributed by atoms with Crippen LogP contribution in [0.4, 0.5) is 4.39 Å². The van der Waals surface area contributed by atoms with Gasteiger partial charge in [-0.3, -0.25) is 0 Å².